The summed E-state index contributed by atoms with van der Waals surface area (Å²) in [6, 6.07) is 7.25. The van der Waals surface area contributed by atoms with E-state index in [0.717, 1.165) is 30.3 Å². The van der Waals surface area contributed by atoms with E-state index < -0.39 is 46.9 Å². The van der Waals surface area contributed by atoms with Gasteiger partial charge in [0.25, 0.3) is 5.60 Å². The van der Waals surface area contributed by atoms with Gasteiger partial charge in [0.2, 0.25) is 0 Å². The monoisotopic (exact) mass is 402 g/mol. The van der Waals surface area contributed by atoms with Gasteiger partial charge >= 0.3 is 12.4 Å². The highest BCUT2D eigenvalue weighted by molar-refractivity contribution is 6.02. The fraction of sp³-hybridized carbons (Fsp3) is 0.222. The minimum absolute atomic E-state index is 0.00366. The van der Waals surface area contributed by atoms with Gasteiger partial charge in [-0.25, -0.2) is 4.39 Å². The first kappa shape index (κ1) is 19.7. The molecule has 0 spiro atoms. The molecule has 2 aromatic carbocycles. The van der Waals surface area contributed by atoms with Crippen molar-refractivity contribution >= 4 is 5.71 Å². The van der Waals surface area contributed by atoms with E-state index in [4.69, 9.17) is 5.26 Å². The standard InChI is InChI=1S/C18H9F7N2O/c19-14-5-4-10(6-11(14)9-26)15-8-16(28-27-15,18(23,24)25)12-2-1-3-13(7-12)17(20,21)22/h1-7H,8H2. The topological polar surface area (TPSA) is 45.4 Å². The summed E-state index contributed by atoms with van der Waals surface area (Å²) in [5.41, 5.74) is -5.85. The van der Waals surface area contributed by atoms with E-state index in [0.29, 0.717) is 12.1 Å². The minimum atomic E-state index is -5.10. The van der Waals surface area contributed by atoms with Crippen LogP contribution in [0, 0.1) is 17.1 Å². The van der Waals surface area contributed by atoms with Crippen LogP contribution in [0.25, 0.3) is 0 Å². The van der Waals surface area contributed by atoms with E-state index in [1.807, 2.05) is 0 Å². The highest BCUT2D eigenvalue weighted by Gasteiger charge is 2.62. The Balaban J connectivity index is 2.05. The Morgan fingerprint density at radius 2 is 1.75 bits per heavy atom. The van der Waals surface area contributed by atoms with Crippen molar-refractivity contribution in [3.05, 3.63) is 70.5 Å². The molecule has 0 bridgehead atoms. The molecule has 28 heavy (non-hydrogen) atoms. The fourth-order valence-corrected chi connectivity index (χ4v) is 2.80. The molecule has 10 heteroatoms. The third-order valence-electron chi connectivity index (χ3n) is 4.26. The fourth-order valence-electron chi connectivity index (χ4n) is 2.80. The zero-order valence-electron chi connectivity index (χ0n) is 13.7. The van der Waals surface area contributed by atoms with Crippen LogP contribution >= 0.6 is 0 Å². The minimum Gasteiger partial charge on any atom is -0.374 e. The molecular formula is C18H9F7N2O. The van der Waals surface area contributed by atoms with Gasteiger partial charge in [-0.3, -0.25) is 0 Å². The smallest absolute Gasteiger partial charge is 0.374 e. The lowest BCUT2D eigenvalue weighted by atomic mass is 9.85. The Hall–Kier alpha value is -3.09. The zero-order chi connectivity index (χ0) is 20.7. The van der Waals surface area contributed by atoms with Crippen LogP contribution in [-0.4, -0.2) is 11.9 Å². The number of alkyl halides is 6. The average Bonchev–Trinajstić information content (AvgIpc) is 3.08. The van der Waals surface area contributed by atoms with Crippen LogP contribution in [0.1, 0.15) is 28.7 Å². The van der Waals surface area contributed by atoms with E-state index in [2.05, 4.69) is 9.99 Å². The van der Waals surface area contributed by atoms with E-state index in [-0.39, 0.29) is 11.3 Å². The summed E-state index contributed by atoms with van der Waals surface area (Å²) < 4.78 is 93.7. The molecule has 1 heterocycles. The van der Waals surface area contributed by atoms with E-state index in [9.17, 15) is 30.7 Å². The van der Waals surface area contributed by atoms with Crippen LogP contribution in [0.5, 0.6) is 0 Å². The molecule has 2 aromatic rings. The van der Waals surface area contributed by atoms with Crippen LogP contribution in [-0.2, 0) is 16.6 Å². The van der Waals surface area contributed by atoms with Gasteiger partial charge in [0, 0.05) is 17.5 Å². The number of nitriles is 1. The largest absolute Gasteiger partial charge is 0.435 e. The van der Waals surface area contributed by atoms with Gasteiger partial charge in [-0.15, -0.1) is 0 Å². The Bertz CT molecular complexity index is 989. The van der Waals surface area contributed by atoms with Crippen molar-refractivity contribution in [3.8, 4) is 6.07 Å². The van der Waals surface area contributed by atoms with Gasteiger partial charge < -0.3 is 4.84 Å². The molecule has 0 N–H and O–H groups in total. The summed E-state index contributed by atoms with van der Waals surface area (Å²) in [5.74, 6) is -0.870. The van der Waals surface area contributed by atoms with Gasteiger partial charge in [-0.05, 0) is 24.3 Å². The van der Waals surface area contributed by atoms with E-state index in [1.54, 1.807) is 6.07 Å². The summed E-state index contributed by atoms with van der Waals surface area (Å²) in [4.78, 5) is 4.65. The zero-order valence-corrected chi connectivity index (χ0v) is 13.7. The van der Waals surface area contributed by atoms with Gasteiger partial charge in [0.1, 0.15) is 11.9 Å². The second-order valence-corrected chi connectivity index (χ2v) is 6.02. The maximum absolute atomic E-state index is 13.8. The van der Waals surface area contributed by atoms with Gasteiger partial charge in [-0.2, -0.15) is 31.6 Å². The Morgan fingerprint density at radius 1 is 1.04 bits per heavy atom. The Labute approximate surface area is 153 Å². The van der Waals surface area contributed by atoms with Crippen molar-refractivity contribution < 1.29 is 35.6 Å². The van der Waals surface area contributed by atoms with Crippen molar-refractivity contribution in [3.63, 3.8) is 0 Å². The summed E-state index contributed by atoms with van der Waals surface area (Å²) in [6.45, 7) is 0. The normalized spacial score (nSPS) is 19.7. The van der Waals surface area contributed by atoms with Gasteiger partial charge in [0.05, 0.1) is 16.8 Å². The number of halogens is 7. The quantitative estimate of drug-likeness (QED) is 0.640. The lowest BCUT2D eigenvalue weighted by Gasteiger charge is -2.30. The van der Waals surface area contributed by atoms with Crippen LogP contribution in [0.4, 0.5) is 30.7 Å². The molecule has 3 rings (SSSR count). The van der Waals surface area contributed by atoms with E-state index in [1.165, 1.54) is 0 Å². The lowest BCUT2D eigenvalue weighted by molar-refractivity contribution is -0.276. The Kier molecular flexibility index (Phi) is 4.57. The first-order valence-corrected chi connectivity index (χ1v) is 7.67. The highest BCUT2D eigenvalue weighted by Crippen LogP contribution is 2.49. The lowest BCUT2D eigenvalue weighted by Crippen LogP contribution is -2.42. The molecule has 1 atom stereocenters. The summed E-state index contributed by atoms with van der Waals surface area (Å²) in [5, 5.41) is 12.2. The molecule has 0 aromatic heterocycles. The molecule has 146 valence electrons. The average molecular weight is 402 g/mol. The summed E-state index contributed by atoms with van der Waals surface area (Å²) in [6.07, 6.45) is -10.9. The maximum Gasteiger partial charge on any atom is 0.435 e. The molecular weight excluding hydrogens is 393 g/mol. The van der Waals surface area contributed by atoms with Crippen LogP contribution in [0.15, 0.2) is 47.6 Å². The molecule has 0 amide bonds. The predicted octanol–water partition coefficient (Wildman–Crippen LogP) is 5.30. The summed E-state index contributed by atoms with van der Waals surface area (Å²) in [7, 11) is 0. The second kappa shape index (κ2) is 6.51. The van der Waals surface area contributed by atoms with Crippen LogP contribution in [0.2, 0.25) is 0 Å². The van der Waals surface area contributed by atoms with Crippen molar-refractivity contribution in [2.24, 2.45) is 5.16 Å². The molecule has 0 radical (unpaired) electrons. The first-order valence-electron chi connectivity index (χ1n) is 7.67. The number of nitrogens with zero attached hydrogens (tertiary/aromatic N) is 2. The highest BCUT2D eigenvalue weighted by atomic mass is 19.4. The number of hydrogen-bond donors (Lipinski definition) is 0. The number of oxime groups is 1. The number of hydrogen-bond acceptors (Lipinski definition) is 3. The number of benzene rings is 2. The predicted molar refractivity (Wildman–Crippen MR) is 82.5 cm³/mol. The molecule has 1 aliphatic heterocycles. The third-order valence-corrected chi connectivity index (χ3v) is 4.26. The molecule has 1 aliphatic rings. The van der Waals surface area contributed by atoms with Crippen molar-refractivity contribution in [2.45, 2.75) is 24.4 Å². The first-order chi connectivity index (χ1) is 13.0. The van der Waals surface area contributed by atoms with Crippen molar-refractivity contribution in [1.82, 2.24) is 0 Å². The maximum atomic E-state index is 13.8. The second-order valence-electron chi connectivity index (χ2n) is 6.02. The molecule has 0 aliphatic carbocycles. The Morgan fingerprint density at radius 3 is 2.36 bits per heavy atom. The number of rotatable bonds is 2. The molecule has 0 saturated carbocycles. The summed E-state index contributed by atoms with van der Waals surface area (Å²) >= 11 is 0. The van der Waals surface area contributed by atoms with Crippen LogP contribution < -0.4 is 0 Å². The van der Waals surface area contributed by atoms with Crippen molar-refractivity contribution in [2.75, 3.05) is 0 Å². The van der Waals surface area contributed by atoms with Crippen molar-refractivity contribution in [1.29, 1.82) is 5.26 Å². The van der Waals surface area contributed by atoms with Gasteiger partial charge in [-0.1, -0.05) is 23.4 Å². The van der Waals surface area contributed by atoms with Crippen LogP contribution in [0.3, 0.4) is 0 Å². The molecule has 3 nitrogen and oxygen atoms in total. The SMILES string of the molecule is N#Cc1cc(C2=NOC(c3cccc(C(F)(F)F)c3)(C(F)(F)F)C2)ccc1F. The molecule has 0 fully saturated rings. The molecule has 0 saturated heterocycles. The third kappa shape index (κ3) is 3.28. The van der Waals surface area contributed by atoms with Gasteiger partial charge in [0.15, 0.2) is 0 Å². The van der Waals surface area contributed by atoms with E-state index >= 15 is 0 Å². The molecule has 1 unspecified atom stereocenters.